The number of anilines is 1. The van der Waals surface area contributed by atoms with Gasteiger partial charge in [-0.2, -0.15) is 0 Å². The third kappa shape index (κ3) is 4.91. The van der Waals surface area contributed by atoms with Crippen molar-refractivity contribution in [1.82, 2.24) is 0 Å². The Morgan fingerprint density at radius 3 is 2.75 bits per heavy atom. The minimum Gasteiger partial charge on any atom is -0.383 e. The standard InChI is InChI=1S/C17H17N3O4/c1-12-5-3-7-15(9-12)19-17(21)13(2)24-18-11-14-6-4-8-16(10-14)20(22)23/h3-11,13H,1-2H3,(H,19,21)/b18-11+. The maximum Gasteiger partial charge on any atom is 0.270 e. The van der Waals surface area contributed by atoms with E-state index in [9.17, 15) is 14.9 Å². The van der Waals surface area contributed by atoms with Gasteiger partial charge in [-0.3, -0.25) is 14.9 Å². The van der Waals surface area contributed by atoms with E-state index in [1.54, 1.807) is 25.1 Å². The van der Waals surface area contributed by atoms with E-state index in [1.165, 1.54) is 18.3 Å². The molecule has 2 rings (SSSR count). The Morgan fingerprint density at radius 2 is 2.04 bits per heavy atom. The van der Waals surface area contributed by atoms with Gasteiger partial charge in [0.2, 0.25) is 6.10 Å². The van der Waals surface area contributed by atoms with Crippen molar-refractivity contribution in [2.75, 3.05) is 5.32 Å². The maximum atomic E-state index is 12.0. The van der Waals surface area contributed by atoms with Crippen LogP contribution in [0.5, 0.6) is 0 Å². The number of rotatable bonds is 6. The monoisotopic (exact) mass is 327 g/mol. The Bertz CT molecular complexity index is 774. The third-order valence-corrected chi connectivity index (χ3v) is 3.16. The van der Waals surface area contributed by atoms with Crippen molar-refractivity contribution in [1.29, 1.82) is 0 Å². The largest absolute Gasteiger partial charge is 0.383 e. The maximum absolute atomic E-state index is 12.0. The Morgan fingerprint density at radius 1 is 1.29 bits per heavy atom. The van der Waals surface area contributed by atoms with Gasteiger partial charge in [0, 0.05) is 23.4 Å². The lowest BCUT2D eigenvalue weighted by atomic mass is 10.2. The zero-order chi connectivity index (χ0) is 17.5. The van der Waals surface area contributed by atoms with E-state index in [1.807, 2.05) is 25.1 Å². The first kappa shape index (κ1) is 17.1. The summed E-state index contributed by atoms with van der Waals surface area (Å²) in [6, 6.07) is 13.3. The second kappa shape index (κ2) is 7.87. The number of carbonyl (C=O) groups is 1. The molecule has 0 heterocycles. The molecule has 1 N–H and O–H groups in total. The molecule has 0 radical (unpaired) electrons. The van der Waals surface area contributed by atoms with E-state index in [2.05, 4.69) is 10.5 Å². The molecule has 0 spiro atoms. The zero-order valence-corrected chi connectivity index (χ0v) is 13.3. The van der Waals surface area contributed by atoms with Crippen molar-refractivity contribution in [3.05, 3.63) is 69.8 Å². The highest BCUT2D eigenvalue weighted by Crippen LogP contribution is 2.12. The van der Waals surface area contributed by atoms with Crippen LogP contribution in [0.1, 0.15) is 18.1 Å². The fraction of sp³-hybridized carbons (Fsp3) is 0.176. The van der Waals surface area contributed by atoms with Crippen LogP contribution in [0.2, 0.25) is 0 Å². The fourth-order valence-electron chi connectivity index (χ4n) is 1.92. The summed E-state index contributed by atoms with van der Waals surface area (Å²) in [6.45, 7) is 3.49. The Labute approximate surface area is 139 Å². The van der Waals surface area contributed by atoms with Gasteiger partial charge in [0.25, 0.3) is 11.6 Å². The number of hydrogen-bond acceptors (Lipinski definition) is 5. The average Bonchev–Trinajstić information content (AvgIpc) is 2.55. The number of oxime groups is 1. The zero-order valence-electron chi connectivity index (χ0n) is 13.3. The molecule has 0 saturated heterocycles. The number of nitro benzene ring substituents is 1. The van der Waals surface area contributed by atoms with Crippen LogP contribution in [0.25, 0.3) is 0 Å². The summed E-state index contributed by atoms with van der Waals surface area (Å²) >= 11 is 0. The molecule has 1 amide bonds. The predicted molar refractivity (Wildman–Crippen MR) is 91.0 cm³/mol. The van der Waals surface area contributed by atoms with E-state index >= 15 is 0 Å². The smallest absolute Gasteiger partial charge is 0.270 e. The first-order valence-corrected chi connectivity index (χ1v) is 7.27. The molecule has 0 saturated carbocycles. The van der Waals surface area contributed by atoms with E-state index in [4.69, 9.17) is 4.84 Å². The van der Waals surface area contributed by atoms with E-state index in [0.717, 1.165) is 5.56 Å². The Kier molecular flexibility index (Phi) is 5.62. The number of nitro groups is 1. The summed E-state index contributed by atoms with van der Waals surface area (Å²) in [4.78, 5) is 27.3. The summed E-state index contributed by atoms with van der Waals surface area (Å²) < 4.78 is 0. The number of hydrogen-bond donors (Lipinski definition) is 1. The lowest BCUT2D eigenvalue weighted by molar-refractivity contribution is -0.384. The van der Waals surface area contributed by atoms with E-state index < -0.39 is 11.0 Å². The summed E-state index contributed by atoms with van der Waals surface area (Å²) in [5.41, 5.74) is 2.18. The average molecular weight is 327 g/mol. The first-order valence-electron chi connectivity index (χ1n) is 7.27. The minimum absolute atomic E-state index is 0.0378. The molecule has 7 heteroatoms. The molecule has 7 nitrogen and oxygen atoms in total. The second-order valence-electron chi connectivity index (χ2n) is 5.19. The van der Waals surface area contributed by atoms with Crippen molar-refractivity contribution in [3.8, 4) is 0 Å². The van der Waals surface area contributed by atoms with Crippen molar-refractivity contribution in [2.24, 2.45) is 5.16 Å². The van der Waals surface area contributed by atoms with E-state index in [-0.39, 0.29) is 11.6 Å². The predicted octanol–water partition coefficient (Wildman–Crippen LogP) is 3.28. The summed E-state index contributed by atoms with van der Waals surface area (Å²) in [7, 11) is 0. The normalized spacial score (nSPS) is 11.9. The Balaban J connectivity index is 1.92. The molecule has 24 heavy (non-hydrogen) atoms. The van der Waals surface area contributed by atoms with Crippen LogP contribution >= 0.6 is 0 Å². The summed E-state index contributed by atoms with van der Waals surface area (Å²) in [5.74, 6) is -0.336. The molecule has 0 fully saturated rings. The van der Waals surface area contributed by atoms with Crippen LogP contribution in [-0.2, 0) is 9.63 Å². The molecular formula is C17H17N3O4. The van der Waals surface area contributed by atoms with Crippen LogP contribution in [0.3, 0.4) is 0 Å². The first-order chi connectivity index (χ1) is 11.5. The lowest BCUT2D eigenvalue weighted by Gasteiger charge is -2.10. The lowest BCUT2D eigenvalue weighted by Crippen LogP contribution is -2.26. The van der Waals surface area contributed by atoms with Gasteiger partial charge in [0.05, 0.1) is 11.1 Å². The van der Waals surface area contributed by atoms with Crippen molar-refractivity contribution in [2.45, 2.75) is 20.0 Å². The number of carbonyl (C=O) groups excluding carboxylic acids is 1. The van der Waals surface area contributed by atoms with Gasteiger partial charge in [-0.05, 0) is 31.5 Å². The number of nitrogens with zero attached hydrogens (tertiary/aromatic N) is 2. The molecular weight excluding hydrogens is 310 g/mol. The van der Waals surface area contributed by atoms with Crippen molar-refractivity contribution >= 4 is 23.5 Å². The van der Waals surface area contributed by atoms with Gasteiger partial charge in [-0.25, -0.2) is 0 Å². The highest BCUT2D eigenvalue weighted by atomic mass is 16.6. The topological polar surface area (TPSA) is 93.8 Å². The van der Waals surface area contributed by atoms with Gasteiger partial charge in [-0.15, -0.1) is 0 Å². The van der Waals surface area contributed by atoms with Crippen LogP contribution in [0, 0.1) is 17.0 Å². The Hall–Kier alpha value is -3.22. The summed E-state index contributed by atoms with van der Waals surface area (Å²) in [6.07, 6.45) is 0.518. The van der Waals surface area contributed by atoms with E-state index in [0.29, 0.717) is 11.3 Å². The molecule has 0 bridgehead atoms. The van der Waals surface area contributed by atoms with Crippen LogP contribution in [0.15, 0.2) is 53.7 Å². The highest BCUT2D eigenvalue weighted by molar-refractivity contribution is 5.94. The third-order valence-electron chi connectivity index (χ3n) is 3.16. The minimum atomic E-state index is -0.805. The molecule has 124 valence electrons. The molecule has 2 aromatic rings. The molecule has 0 aliphatic heterocycles. The quantitative estimate of drug-likeness (QED) is 0.500. The molecule has 2 aromatic carbocycles. The number of aryl methyl sites for hydroxylation is 1. The molecule has 1 atom stereocenters. The second-order valence-corrected chi connectivity index (χ2v) is 5.19. The fourth-order valence-corrected chi connectivity index (χ4v) is 1.92. The van der Waals surface area contributed by atoms with Crippen LogP contribution in [0.4, 0.5) is 11.4 Å². The van der Waals surface area contributed by atoms with Gasteiger partial charge in [0.15, 0.2) is 0 Å². The molecule has 0 aliphatic carbocycles. The molecule has 0 aliphatic rings. The number of benzene rings is 2. The number of nitrogens with one attached hydrogen (secondary N) is 1. The number of non-ortho nitro benzene ring substituents is 1. The number of amides is 1. The van der Waals surface area contributed by atoms with Gasteiger partial charge in [-0.1, -0.05) is 29.4 Å². The van der Waals surface area contributed by atoms with Crippen molar-refractivity contribution < 1.29 is 14.6 Å². The van der Waals surface area contributed by atoms with Crippen LogP contribution in [-0.4, -0.2) is 23.1 Å². The van der Waals surface area contributed by atoms with Crippen LogP contribution < -0.4 is 5.32 Å². The highest BCUT2D eigenvalue weighted by Gasteiger charge is 2.14. The van der Waals surface area contributed by atoms with Gasteiger partial charge < -0.3 is 10.2 Å². The molecule has 0 aromatic heterocycles. The van der Waals surface area contributed by atoms with Gasteiger partial charge >= 0.3 is 0 Å². The van der Waals surface area contributed by atoms with Crippen molar-refractivity contribution in [3.63, 3.8) is 0 Å². The van der Waals surface area contributed by atoms with Gasteiger partial charge in [0.1, 0.15) is 0 Å². The molecule has 1 unspecified atom stereocenters. The SMILES string of the molecule is Cc1cccc(NC(=O)C(C)O/N=C/c2cccc([N+](=O)[O-])c2)c1. The summed E-state index contributed by atoms with van der Waals surface area (Å²) in [5, 5.41) is 17.1.